The molecule has 0 radical (unpaired) electrons. The quantitative estimate of drug-likeness (QED) is 0.634. The van der Waals surface area contributed by atoms with Crippen molar-refractivity contribution in [2.45, 2.75) is 64.0 Å². The fraction of sp³-hybridized carbons (Fsp3) is 1.00. The highest BCUT2D eigenvalue weighted by atomic mass is 32.1. The third kappa shape index (κ3) is 2.93. The number of halogens is 3. The van der Waals surface area contributed by atoms with E-state index >= 15 is 0 Å². The Morgan fingerprint density at radius 1 is 0.733 bits per heavy atom. The van der Waals surface area contributed by atoms with E-state index in [0.717, 1.165) is 0 Å². The zero-order valence-corrected chi connectivity index (χ0v) is 12.4. The van der Waals surface area contributed by atoms with E-state index in [1.165, 1.54) is 0 Å². The Balaban J connectivity index is 0. The molecule has 0 heterocycles. The molecular formula is C10H23F3SSi. The van der Waals surface area contributed by atoms with Gasteiger partial charge in [-0.3, -0.25) is 0 Å². The smallest absolute Gasteiger partial charge is 0.197 e. The van der Waals surface area contributed by atoms with Crippen molar-refractivity contribution in [3.8, 4) is 0 Å². The van der Waals surface area contributed by atoms with E-state index in [1.807, 2.05) is 0 Å². The first-order valence-corrected chi connectivity index (χ1v) is 7.38. The Morgan fingerprint density at radius 3 is 0.933 bits per heavy atom. The van der Waals surface area contributed by atoms with Crippen LogP contribution in [0.4, 0.5) is 13.2 Å². The van der Waals surface area contributed by atoms with Crippen molar-refractivity contribution in [3.05, 3.63) is 0 Å². The number of hydrogen-bond acceptors (Lipinski definition) is 0. The van der Waals surface area contributed by atoms with Gasteiger partial charge >= 0.3 is 5.80 Å². The molecule has 0 amide bonds. The summed E-state index contributed by atoms with van der Waals surface area (Å²) in [6.45, 7) is 10.3. The van der Waals surface area contributed by atoms with E-state index in [0.29, 0.717) is 0 Å². The number of hydrogen-bond donors (Lipinski definition) is 0. The fourth-order valence-electron chi connectivity index (χ4n) is 2.98. The lowest BCUT2D eigenvalue weighted by Crippen LogP contribution is -2.57. The Kier molecular flexibility index (Phi) is 6.64. The molecule has 0 fully saturated rings. The van der Waals surface area contributed by atoms with Crippen LogP contribution >= 0.6 is 13.5 Å². The molecule has 0 bridgehead atoms. The van der Waals surface area contributed by atoms with Crippen molar-refractivity contribution >= 4 is 21.6 Å². The zero-order chi connectivity index (χ0) is 11.7. The lowest BCUT2D eigenvalue weighted by Gasteiger charge is -2.43. The van der Waals surface area contributed by atoms with Crippen LogP contribution in [0, 0.1) is 0 Å². The second-order valence-electron chi connectivity index (χ2n) is 4.89. The maximum atomic E-state index is 13.2. The second kappa shape index (κ2) is 5.62. The van der Waals surface area contributed by atoms with E-state index in [4.69, 9.17) is 0 Å². The highest BCUT2D eigenvalue weighted by Crippen LogP contribution is 2.51. The van der Waals surface area contributed by atoms with Gasteiger partial charge in [0, 0.05) is 0 Å². The van der Waals surface area contributed by atoms with Gasteiger partial charge in [-0.1, -0.05) is 41.5 Å². The van der Waals surface area contributed by atoms with Crippen molar-refractivity contribution < 1.29 is 13.2 Å². The molecule has 0 rings (SSSR count). The minimum Gasteiger partial charge on any atom is -0.197 e. The van der Waals surface area contributed by atoms with Crippen molar-refractivity contribution in [2.24, 2.45) is 0 Å². The first-order valence-electron chi connectivity index (χ1n) is 5.15. The van der Waals surface area contributed by atoms with Gasteiger partial charge in [-0.2, -0.15) is 26.7 Å². The predicted octanol–water partition coefficient (Wildman–Crippen LogP) is 4.88. The summed E-state index contributed by atoms with van der Waals surface area (Å²) >= 11 is 0. The molecule has 0 atom stereocenters. The Labute approximate surface area is 99.1 Å². The molecule has 0 aromatic rings. The summed E-state index contributed by atoms with van der Waals surface area (Å²) < 4.78 is 39.6. The zero-order valence-electron chi connectivity index (χ0n) is 10.4. The Bertz CT molecular complexity index is 166. The molecule has 0 aromatic heterocycles. The van der Waals surface area contributed by atoms with Gasteiger partial charge in [0.05, 0.1) is 0 Å². The van der Waals surface area contributed by atoms with Crippen LogP contribution in [0.1, 0.15) is 41.5 Å². The van der Waals surface area contributed by atoms with Gasteiger partial charge in [0.2, 0.25) is 0 Å². The van der Waals surface area contributed by atoms with E-state index in [-0.39, 0.29) is 30.1 Å². The van der Waals surface area contributed by atoms with E-state index in [2.05, 4.69) is 0 Å². The monoisotopic (exact) mass is 260 g/mol. The molecule has 0 spiro atoms. The van der Waals surface area contributed by atoms with Crippen molar-refractivity contribution in [1.82, 2.24) is 0 Å². The maximum absolute atomic E-state index is 13.2. The van der Waals surface area contributed by atoms with Crippen LogP contribution in [-0.2, 0) is 0 Å². The molecular weight excluding hydrogens is 237 g/mol. The Hall–Kier alpha value is 0.357. The van der Waals surface area contributed by atoms with Crippen molar-refractivity contribution in [1.29, 1.82) is 0 Å². The van der Waals surface area contributed by atoms with Crippen LogP contribution in [0.3, 0.4) is 0 Å². The lowest BCUT2D eigenvalue weighted by molar-refractivity contribution is -0.0615. The topological polar surface area (TPSA) is 0 Å². The number of rotatable bonds is 3. The minimum absolute atomic E-state index is 0. The summed E-state index contributed by atoms with van der Waals surface area (Å²) in [6, 6.07) is 0. The summed E-state index contributed by atoms with van der Waals surface area (Å²) in [5.74, 6) is -3.98. The average molecular weight is 260 g/mol. The molecule has 94 valence electrons. The summed E-state index contributed by atoms with van der Waals surface area (Å²) in [5, 5.41) is 0. The van der Waals surface area contributed by atoms with Gasteiger partial charge in [0.1, 0.15) is 0 Å². The molecule has 0 aromatic carbocycles. The molecule has 0 aliphatic carbocycles. The molecule has 0 unspecified atom stereocenters. The van der Waals surface area contributed by atoms with Crippen LogP contribution in [0.2, 0.25) is 16.6 Å². The minimum atomic E-state index is -3.98. The van der Waals surface area contributed by atoms with Gasteiger partial charge in [-0.15, -0.1) is 0 Å². The van der Waals surface area contributed by atoms with Gasteiger partial charge in [0.25, 0.3) is 0 Å². The summed E-state index contributed by atoms with van der Waals surface area (Å²) in [5.41, 5.74) is -0.743. The van der Waals surface area contributed by atoms with Gasteiger partial charge in [0.15, 0.2) is 8.07 Å². The van der Waals surface area contributed by atoms with Crippen LogP contribution in [-0.4, -0.2) is 13.9 Å². The predicted molar refractivity (Wildman–Crippen MR) is 67.5 cm³/mol. The summed E-state index contributed by atoms with van der Waals surface area (Å²) in [7, 11) is -3.23. The lowest BCUT2D eigenvalue weighted by atomic mass is 10.5. The Morgan fingerprint density at radius 2 is 0.933 bits per heavy atom. The van der Waals surface area contributed by atoms with Gasteiger partial charge in [-0.05, 0) is 16.6 Å². The second-order valence-corrected chi connectivity index (χ2v) is 10.8. The first-order chi connectivity index (χ1) is 6.08. The molecule has 0 saturated heterocycles. The van der Waals surface area contributed by atoms with Gasteiger partial charge < -0.3 is 0 Å². The van der Waals surface area contributed by atoms with E-state index in [1.54, 1.807) is 41.5 Å². The van der Waals surface area contributed by atoms with Crippen LogP contribution in [0.15, 0.2) is 0 Å². The summed E-state index contributed by atoms with van der Waals surface area (Å²) in [6.07, 6.45) is 0. The third-order valence-electron chi connectivity index (χ3n) is 3.36. The van der Waals surface area contributed by atoms with Crippen LogP contribution < -0.4 is 0 Å². The summed E-state index contributed by atoms with van der Waals surface area (Å²) in [4.78, 5) is 0. The highest BCUT2D eigenvalue weighted by molar-refractivity contribution is 7.59. The molecule has 5 heteroatoms. The standard InChI is InChI=1S/C10H21F3Si.H2S/c1-7(2)14(8(3)4,9(5)6)10(11,12)13;/h7-9H,1-6H3;1H2. The van der Waals surface area contributed by atoms with Crippen LogP contribution in [0.25, 0.3) is 0 Å². The van der Waals surface area contributed by atoms with E-state index < -0.39 is 13.9 Å². The number of alkyl halides is 3. The van der Waals surface area contributed by atoms with Crippen molar-refractivity contribution in [2.75, 3.05) is 0 Å². The van der Waals surface area contributed by atoms with E-state index in [9.17, 15) is 13.2 Å². The first kappa shape index (κ1) is 17.7. The molecule has 0 aliphatic heterocycles. The van der Waals surface area contributed by atoms with Crippen molar-refractivity contribution in [3.63, 3.8) is 0 Å². The fourth-order valence-corrected chi connectivity index (χ4v) is 8.95. The average Bonchev–Trinajstić information content (AvgIpc) is 1.79. The van der Waals surface area contributed by atoms with Gasteiger partial charge in [-0.25, -0.2) is 0 Å². The third-order valence-corrected chi connectivity index (χ3v) is 10.1. The molecule has 0 aliphatic rings. The molecule has 0 nitrogen and oxygen atoms in total. The molecule has 15 heavy (non-hydrogen) atoms. The highest BCUT2D eigenvalue weighted by Gasteiger charge is 2.62. The molecule has 0 saturated carbocycles. The normalized spacial score (nSPS) is 13.6. The molecule has 0 N–H and O–H groups in total. The maximum Gasteiger partial charge on any atom is 0.362 e. The SMILES string of the molecule is CC(C)[Si](C(C)C)(C(C)C)C(F)(F)F.S. The largest absolute Gasteiger partial charge is 0.362 e. The van der Waals surface area contributed by atoms with Crippen LogP contribution in [0.5, 0.6) is 0 Å².